The first kappa shape index (κ1) is 12.3. The molecule has 0 radical (unpaired) electrons. The van der Waals surface area contributed by atoms with E-state index in [1.807, 2.05) is 0 Å². The van der Waals surface area contributed by atoms with Crippen LogP contribution in [-0.4, -0.2) is 8.32 Å². The second kappa shape index (κ2) is 5.36. The second-order valence-corrected chi connectivity index (χ2v) is 8.80. The predicted molar refractivity (Wildman–Crippen MR) is 69.0 cm³/mol. The van der Waals surface area contributed by atoms with Gasteiger partial charge in [0.2, 0.25) is 8.32 Å². The van der Waals surface area contributed by atoms with E-state index in [0.29, 0.717) is 0 Å². The van der Waals surface area contributed by atoms with Crippen LogP contribution in [0.2, 0.25) is 18.1 Å². The quantitative estimate of drug-likeness (QED) is 0.672. The van der Waals surface area contributed by atoms with Crippen molar-refractivity contribution in [3.63, 3.8) is 0 Å². The van der Waals surface area contributed by atoms with E-state index in [4.69, 9.17) is 4.43 Å². The van der Waals surface area contributed by atoms with Gasteiger partial charge in [0.15, 0.2) is 0 Å². The molecular formula is C13H22OSi. The summed E-state index contributed by atoms with van der Waals surface area (Å²) >= 11 is 0. The molecule has 84 valence electrons. The Kier molecular flexibility index (Phi) is 4.39. The third-order valence-electron chi connectivity index (χ3n) is 3.35. The van der Waals surface area contributed by atoms with Gasteiger partial charge in [-0.25, -0.2) is 0 Å². The predicted octanol–water partition coefficient (Wildman–Crippen LogP) is 4.38. The summed E-state index contributed by atoms with van der Waals surface area (Å²) in [5.41, 5.74) is 1.25. The van der Waals surface area contributed by atoms with E-state index in [-0.39, 0.29) is 0 Å². The summed E-state index contributed by atoms with van der Waals surface area (Å²) < 4.78 is 6.32. The maximum absolute atomic E-state index is 6.32. The maximum Gasteiger partial charge on any atom is 0.250 e. The van der Waals surface area contributed by atoms with Gasteiger partial charge in [0.25, 0.3) is 0 Å². The largest absolute Gasteiger partial charge is 0.543 e. The van der Waals surface area contributed by atoms with Crippen molar-refractivity contribution in [1.82, 2.24) is 0 Å². The van der Waals surface area contributed by atoms with Crippen LogP contribution in [-0.2, 0) is 0 Å². The van der Waals surface area contributed by atoms with Crippen molar-refractivity contribution in [3.05, 3.63) is 29.8 Å². The van der Waals surface area contributed by atoms with E-state index in [9.17, 15) is 0 Å². The van der Waals surface area contributed by atoms with Crippen LogP contribution in [0.1, 0.15) is 26.3 Å². The number of para-hydroxylation sites is 1. The number of hydrogen-bond donors (Lipinski definition) is 0. The summed E-state index contributed by atoms with van der Waals surface area (Å²) in [6.45, 7) is 8.90. The Hall–Kier alpha value is -0.763. The zero-order valence-corrected chi connectivity index (χ0v) is 11.3. The molecule has 0 aliphatic carbocycles. The summed E-state index contributed by atoms with van der Waals surface area (Å²) in [4.78, 5) is 0. The normalized spacial score (nSPS) is 11.5. The van der Waals surface area contributed by atoms with Gasteiger partial charge in [-0.2, -0.15) is 0 Å². The SMILES string of the molecule is CC[Si](CC)(CC)Oc1ccccc1C. The van der Waals surface area contributed by atoms with Gasteiger partial charge in [-0.05, 0) is 36.7 Å². The molecule has 0 bridgehead atoms. The molecule has 0 N–H and O–H groups in total. The van der Waals surface area contributed by atoms with Gasteiger partial charge in [-0.3, -0.25) is 0 Å². The summed E-state index contributed by atoms with van der Waals surface area (Å²) in [7, 11) is -1.49. The minimum Gasteiger partial charge on any atom is -0.543 e. The molecule has 1 rings (SSSR count). The average Bonchev–Trinajstić information content (AvgIpc) is 2.29. The summed E-state index contributed by atoms with van der Waals surface area (Å²) in [5.74, 6) is 1.09. The molecule has 1 aromatic carbocycles. The lowest BCUT2D eigenvalue weighted by molar-refractivity contribution is 0.528. The molecule has 15 heavy (non-hydrogen) atoms. The topological polar surface area (TPSA) is 9.23 Å². The van der Waals surface area contributed by atoms with Crippen molar-refractivity contribution >= 4 is 8.32 Å². The molecule has 0 unspecified atom stereocenters. The standard InChI is InChI=1S/C13H22OSi/c1-5-15(6-2,7-3)14-13-11-9-8-10-12(13)4/h8-11H,5-7H2,1-4H3. The monoisotopic (exact) mass is 222 g/mol. The van der Waals surface area contributed by atoms with Crippen LogP contribution in [0.15, 0.2) is 24.3 Å². The third-order valence-corrected chi connectivity index (χ3v) is 7.87. The Morgan fingerprint density at radius 3 is 2.00 bits per heavy atom. The molecule has 0 heterocycles. The Balaban J connectivity index is 2.88. The van der Waals surface area contributed by atoms with E-state index in [1.165, 1.54) is 23.7 Å². The highest BCUT2D eigenvalue weighted by atomic mass is 28.4. The van der Waals surface area contributed by atoms with Crippen LogP contribution >= 0.6 is 0 Å². The fourth-order valence-corrected chi connectivity index (χ4v) is 4.50. The van der Waals surface area contributed by atoms with Crippen molar-refractivity contribution in [2.45, 2.75) is 45.8 Å². The van der Waals surface area contributed by atoms with Gasteiger partial charge in [0.1, 0.15) is 5.75 Å². The number of hydrogen-bond acceptors (Lipinski definition) is 1. The molecule has 1 aromatic rings. The van der Waals surface area contributed by atoms with Crippen molar-refractivity contribution in [3.8, 4) is 5.75 Å². The number of benzene rings is 1. The molecule has 0 spiro atoms. The molecule has 0 atom stereocenters. The summed E-state index contributed by atoms with van der Waals surface area (Å²) in [6, 6.07) is 11.9. The molecular weight excluding hydrogens is 200 g/mol. The van der Waals surface area contributed by atoms with E-state index in [0.717, 1.165) is 5.75 Å². The molecule has 1 nitrogen and oxygen atoms in total. The highest BCUT2D eigenvalue weighted by Crippen LogP contribution is 2.27. The van der Waals surface area contributed by atoms with Crippen LogP contribution in [0.3, 0.4) is 0 Å². The lowest BCUT2D eigenvalue weighted by Gasteiger charge is -2.29. The summed E-state index contributed by atoms with van der Waals surface area (Å²) in [6.07, 6.45) is 0. The van der Waals surface area contributed by atoms with Crippen LogP contribution in [0.5, 0.6) is 5.75 Å². The van der Waals surface area contributed by atoms with E-state index >= 15 is 0 Å². The fraction of sp³-hybridized carbons (Fsp3) is 0.538. The van der Waals surface area contributed by atoms with Crippen molar-refractivity contribution < 1.29 is 4.43 Å². The zero-order valence-electron chi connectivity index (χ0n) is 10.3. The second-order valence-electron chi connectivity index (χ2n) is 4.11. The molecule has 0 saturated carbocycles. The van der Waals surface area contributed by atoms with Crippen molar-refractivity contribution in [2.24, 2.45) is 0 Å². The van der Waals surface area contributed by atoms with Gasteiger partial charge in [-0.1, -0.05) is 39.0 Å². The molecule has 2 heteroatoms. The van der Waals surface area contributed by atoms with E-state index < -0.39 is 8.32 Å². The third kappa shape index (κ3) is 2.85. The molecule has 0 aromatic heterocycles. The first-order valence-corrected chi connectivity index (χ1v) is 8.45. The molecule has 0 aliphatic rings. The maximum atomic E-state index is 6.32. The van der Waals surface area contributed by atoms with Crippen LogP contribution in [0.4, 0.5) is 0 Å². The van der Waals surface area contributed by atoms with Gasteiger partial charge in [-0.15, -0.1) is 0 Å². The molecule has 0 fully saturated rings. The Morgan fingerprint density at radius 2 is 1.53 bits per heavy atom. The summed E-state index contributed by atoms with van der Waals surface area (Å²) in [5, 5.41) is 0. The Labute approximate surface area is 94.6 Å². The van der Waals surface area contributed by atoms with Gasteiger partial charge >= 0.3 is 0 Å². The molecule has 0 aliphatic heterocycles. The van der Waals surface area contributed by atoms with E-state index in [1.54, 1.807) is 0 Å². The Bertz CT molecular complexity index is 297. The van der Waals surface area contributed by atoms with E-state index in [2.05, 4.69) is 52.0 Å². The van der Waals surface area contributed by atoms with Crippen LogP contribution in [0, 0.1) is 6.92 Å². The number of aryl methyl sites for hydroxylation is 1. The van der Waals surface area contributed by atoms with Crippen LogP contribution in [0.25, 0.3) is 0 Å². The lowest BCUT2D eigenvalue weighted by atomic mass is 10.2. The molecule has 0 amide bonds. The minimum absolute atomic E-state index is 1.09. The average molecular weight is 222 g/mol. The lowest BCUT2D eigenvalue weighted by Crippen LogP contribution is -2.39. The molecule has 0 saturated heterocycles. The highest BCUT2D eigenvalue weighted by Gasteiger charge is 2.30. The zero-order chi connectivity index (χ0) is 11.3. The van der Waals surface area contributed by atoms with Crippen molar-refractivity contribution in [1.29, 1.82) is 0 Å². The highest BCUT2D eigenvalue weighted by molar-refractivity contribution is 6.74. The van der Waals surface area contributed by atoms with Gasteiger partial charge < -0.3 is 4.43 Å². The van der Waals surface area contributed by atoms with Gasteiger partial charge in [0.05, 0.1) is 0 Å². The first-order valence-electron chi connectivity index (χ1n) is 5.92. The first-order chi connectivity index (χ1) is 7.17. The Morgan fingerprint density at radius 1 is 1.00 bits per heavy atom. The van der Waals surface area contributed by atoms with Crippen molar-refractivity contribution in [2.75, 3.05) is 0 Å². The number of rotatable bonds is 5. The smallest absolute Gasteiger partial charge is 0.250 e. The minimum atomic E-state index is -1.49. The van der Waals surface area contributed by atoms with Gasteiger partial charge in [0, 0.05) is 0 Å². The fourth-order valence-electron chi connectivity index (χ4n) is 1.87. The van der Waals surface area contributed by atoms with Crippen LogP contribution < -0.4 is 4.43 Å².